The summed E-state index contributed by atoms with van der Waals surface area (Å²) in [5.74, 6) is 0.114. The quantitative estimate of drug-likeness (QED) is 0.852. The number of hydrogen-bond donors (Lipinski definition) is 0. The average molecular weight is 352 g/mol. The fraction of sp³-hybridized carbons (Fsp3) is 0.438. The summed E-state index contributed by atoms with van der Waals surface area (Å²) >= 11 is 1.63. The van der Waals surface area contributed by atoms with Crippen molar-refractivity contribution in [2.75, 3.05) is 31.9 Å². The van der Waals surface area contributed by atoms with Crippen molar-refractivity contribution in [3.63, 3.8) is 0 Å². The predicted octanol–water partition coefficient (Wildman–Crippen LogP) is 2.32. The molecule has 5 nitrogen and oxygen atoms in total. The number of amides is 1. The molecule has 0 atom stereocenters. The van der Waals surface area contributed by atoms with Gasteiger partial charge in [0.2, 0.25) is 10.0 Å². The lowest BCUT2D eigenvalue weighted by molar-refractivity contribution is 0.0700. The van der Waals surface area contributed by atoms with E-state index in [4.69, 9.17) is 0 Å². The minimum Gasteiger partial charge on any atom is -0.336 e. The number of nitrogens with zero attached hydrogens (tertiary/aromatic N) is 2. The number of hydrogen-bond acceptors (Lipinski definition) is 4. The highest BCUT2D eigenvalue weighted by molar-refractivity contribution is 7.89. The summed E-state index contributed by atoms with van der Waals surface area (Å²) in [5.41, 5.74) is 0.761. The van der Waals surface area contributed by atoms with Gasteiger partial charge in [0.1, 0.15) is 0 Å². The Balaban J connectivity index is 1.81. The molecule has 23 heavy (non-hydrogen) atoms. The zero-order valence-electron chi connectivity index (χ0n) is 13.3. The molecule has 124 valence electrons. The van der Waals surface area contributed by atoms with Crippen molar-refractivity contribution in [1.82, 2.24) is 9.21 Å². The Hall–Kier alpha value is -1.44. The molecule has 0 N–H and O–H groups in total. The van der Waals surface area contributed by atoms with Crippen molar-refractivity contribution in [1.29, 1.82) is 0 Å². The molecule has 0 saturated carbocycles. The van der Waals surface area contributed by atoms with Crippen molar-refractivity contribution < 1.29 is 13.2 Å². The van der Waals surface area contributed by atoms with Crippen LogP contribution in [-0.4, -0.2) is 55.5 Å². The summed E-state index contributed by atoms with van der Waals surface area (Å²) in [5, 5.41) is 0.989. The van der Waals surface area contributed by atoms with Gasteiger partial charge in [-0.1, -0.05) is 18.2 Å². The summed E-state index contributed by atoms with van der Waals surface area (Å²) in [6, 6.07) is 7.91. The molecular weight excluding hydrogens is 332 g/mol. The fourth-order valence-corrected chi connectivity index (χ4v) is 5.08. The number of sulfonamides is 1. The van der Waals surface area contributed by atoms with Crippen LogP contribution in [-0.2, 0) is 10.0 Å². The highest BCUT2D eigenvalue weighted by Gasteiger charge is 2.29. The third kappa shape index (κ3) is 3.00. The van der Waals surface area contributed by atoms with Crippen LogP contribution in [0.25, 0.3) is 10.1 Å². The van der Waals surface area contributed by atoms with Gasteiger partial charge in [0, 0.05) is 41.1 Å². The van der Waals surface area contributed by atoms with Crippen LogP contribution >= 0.6 is 11.3 Å². The standard InChI is InChI=1S/C16H20N2O3S2/c1-3-23(20,21)18-10-8-17(9-11-18)16(19)15-12(2)22-14-7-5-4-6-13(14)15/h4-7H,3,8-11H2,1-2H3. The smallest absolute Gasteiger partial charge is 0.255 e. The Morgan fingerprint density at radius 1 is 1.17 bits per heavy atom. The zero-order chi connectivity index (χ0) is 16.6. The number of carbonyl (C=O) groups excluding carboxylic acids is 1. The van der Waals surface area contributed by atoms with Gasteiger partial charge < -0.3 is 4.90 Å². The van der Waals surface area contributed by atoms with Crippen LogP contribution in [0.2, 0.25) is 0 Å². The van der Waals surface area contributed by atoms with Crippen molar-refractivity contribution >= 4 is 37.4 Å². The third-order valence-corrected chi connectivity index (χ3v) is 7.24. The van der Waals surface area contributed by atoms with Crippen molar-refractivity contribution in [2.24, 2.45) is 0 Å². The number of fused-ring (bicyclic) bond motifs is 1. The van der Waals surface area contributed by atoms with E-state index in [2.05, 4.69) is 0 Å². The first-order chi connectivity index (χ1) is 10.9. The van der Waals surface area contributed by atoms with Gasteiger partial charge in [-0.15, -0.1) is 11.3 Å². The molecule has 1 amide bonds. The largest absolute Gasteiger partial charge is 0.336 e. The monoisotopic (exact) mass is 352 g/mol. The molecule has 1 aromatic heterocycles. The molecule has 0 bridgehead atoms. The lowest BCUT2D eigenvalue weighted by atomic mass is 10.1. The van der Waals surface area contributed by atoms with Gasteiger partial charge in [0.05, 0.1) is 11.3 Å². The highest BCUT2D eigenvalue weighted by Crippen LogP contribution is 2.31. The van der Waals surface area contributed by atoms with E-state index in [0.29, 0.717) is 26.2 Å². The average Bonchev–Trinajstić information content (AvgIpc) is 2.90. The molecule has 1 fully saturated rings. The molecule has 2 aromatic rings. The van der Waals surface area contributed by atoms with Crippen LogP contribution in [0.1, 0.15) is 22.2 Å². The Labute approximate surface area is 140 Å². The molecule has 3 rings (SSSR count). The maximum Gasteiger partial charge on any atom is 0.255 e. The number of aryl methyl sites for hydroxylation is 1. The molecule has 0 aliphatic carbocycles. The van der Waals surface area contributed by atoms with E-state index in [9.17, 15) is 13.2 Å². The third-order valence-electron chi connectivity index (χ3n) is 4.27. The van der Waals surface area contributed by atoms with Gasteiger partial charge >= 0.3 is 0 Å². The Morgan fingerprint density at radius 3 is 2.48 bits per heavy atom. The first-order valence-electron chi connectivity index (χ1n) is 7.69. The van der Waals surface area contributed by atoms with Crippen LogP contribution in [0, 0.1) is 6.92 Å². The topological polar surface area (TPSA) is 57.7 Å². The van der Waals surface area contributed by atoms with Crippen LogP contribution < -0.4 is 0 Å². The van der Waals surface area contributed by atoms with Gasteiger partial charge in [-0.3, -0.25) is 4.79 Å². The lowest BCUT2D eigenvalue weighted by Gasteiger charge is -2.34. The van der Waals surface area contributed by atoms with E-state index in [-0.39, 0.29) is 11.7 Å². The second kappa shape index (κ2) is 6.22. The molecule has 1 aromatic carbocycles. The van der Waals surface area contributed by atoms with Gasteiger partial charge in [0.15, 0.2) is 0 Å². The van der Waals surface area contributed by atoms with Gasteiger partial charge in [-0.2, -0.15) is 4.31 Å². The molecule has 1 aliphatic heterocycles. The Bertz CT molecular complexity index is 834. The van der Waals surface area contributed by atoms with Crippen LogP contribution in [0.5, 0.6) is 0 Å². The highest BCUT2D eigenvalue weighted by atomic mass is 32.2. The first kappa shape index (κ1) is 16.4. The summed E-state index contributed by atoms with van der Waals surface area (Å²) < 4.78 is 26.4. The van der Waals surface area contributed by atoms with E-state index in [1.807, 2.05) is 31.2 Å². The van der Waals surface area contributed by atoms with E-state index >= 15 is 0 Å². The first-order valence-corrected chi connectivity index (χ1v) is 10.1. The van der Waals surface area contributed by atoms with Gasteiger partial charge in [-0.25, -0.2) is 8.42 Å². The maximum atomic E-state index is 12.9. The van der Waals surface area contributed by atoms with Crippen LogP contribution in [0.15, 0.2) is 24.3 Å². The number of carbonyl (C=O) groups is 1. The summed E-state index contributed by atoms with van der Waals surface area (Å²) in [7, 11) is -3.17. The second-order valence-electron chi connectivity index (χ2n) is 5.62. The molecule has 2 heterocycles. The molecule has 1 saturated heterocycles. The van der Waals surface area contributed by atoms with Crippen molar-refractivity contribution in [3.05, 3.63) is 34.7 Å². The van der Waals surface area contributed by atoms with Crippen LogP contribution in [0.3, 0.4) is 0 Å². The molecule has 7 heteroatoms. The van der Waals surface area contributed by atoms with Crippen molar-refractivity contribution in [2.45, 2.75) is 13.8 Å². The number of thiophene rings is 1. The predicted molar refractivity (Wildman–Crippen MR) is 93.5 cm³/mol. The fourth-order valence-electron chi connectivity index (χ4n) is 2.94. The zero-order valence-corrected chi connectivity index (χ0v) is 14.9. The Kier molecular flexibility index (Phi) is 4.44. The Morgan fingerprint density at radius 2 is 1.83 bits per heavy atom. The van der Waals surface area contributed by atoms with E-state index in [0.717, 1.165) is 20.5 Å². The molecule has 0 unspecified atom stereocenters. The molecular formula is C16H20N2O3S2. The molecule has 1 aliphatic rings. The van der Waals surface area contributed by atoms with Gasteiger partial charge in [-0.05, 0) is 19.9 Å². The summed E-state index contributed by atoms with van der Waals surface area (Å²) in [6.07, 6.45) is 0. The van der Waals surface area contributed by atoms with Gasteiger partial charge in [0.25, 0.3) is 5.91 Å². The van der Waals surface area contributed by atoms with E-state index < -0.39 is 10.0 Å². The minimum atomic E-state index is -3.17. The van der Waals surface area contributed by atoms with E-state index in [1.54, 1.807) is 23.2 Å². The summed E-state index contributed by atoms with van der Waals surface area (Å²) in [4.78, 5) is 15.7. The lowest BCUT2D eigenvalue weighted by Crippen LogP contribution is -2.50. The number of benzene rings is 1. The molecule has 0 spiro atoms. The second-order valence-corrected chi connectivity index (χ2v) is 9.14. The van der Waals surface area contributed by atoms with Crippen LogP contribution in [0.4, 0.5) is 0 Å². The summed E-state index contributed by atoms with van der Waals surface area (Å²) in [6.45, 7) is 5.26. The normalized spacial score (nSPS) is 16.9. The number of piperazine rings is 1. The van der Waals surface area contributed by atoms with E-state index in [1.165, 1.54) is 4.31 Å². The van der Waals surface area contributed by atoms with Crippen molar-refractivity contribution in [3.8, 4) is 0 Å². The SMILES string of the molecule is CCS(=O)(=O)N1CCN(C(=O)c2c(C)sc3ccccc23)CC1. The minimum absolute atomic E-state index is 0.00787. The number of rotatable bonds is 3. The molecule has 0 radical (unpaired) electrons. The maximum absolute atomic E-state index is 12.9.